The van der Waals surface area contributed by atoms with Crippen LogP contribution < -0.4 is 10.3 Å². The zero-order valence-corrected chi connectivity index (χ0v) is 18.7. The number of aryl methyl sites for hydroxylation is 1. The second kappa shape index (κ2) is 9.86. The number of likely N-dealkylation sites (tertiary alicyclic amines) is 1. The maximum absolute atomic E-state index is 13.0. The Morgan fingerprint density at radius 3 is 2.40 bits per heavy atom. The second-order valence-electron chi connectivity index (χ2n) is 9.19. The van der Waals surface area contributed by atoms with E-state index >= 15 is 0 Å². The Morgan fingerprint density at radius 1 is 1.03 bits per heavy atom. The Hall–Kier alpha value is -2.01. The molecule has 4 rings (SSSR count). The summed E-state index contributed by atoms with van der Waals surface area (Å²) in [4.78, 5) is 15.5. The van der Waals surface area contributed by atoms with Gasteiger partial charge in [0.1, 0.15) is 0 Å². The Kier molecular flexibility index (Phi) is 6.98. The van der Waals surface area contributed by atoms with E-state index in [1.807, 2.05) is 11.7 Å². The first-order valence-corrected chi connectivity index (χ1v) is 11.8. The molecule has 1 aliphatic carbocycles. The van der Waals surface area contributed by atoms with Crippen molar-refractivity contribution >= 4 is 0 Å². The molecule has 2 fully saturated rings. The van der Waals surface area contributed by atoms with Gasteiger partial charge in [0.25, 0.3) is 0 Å². The molecule has 164 valence electrons. The number of rotatable bonds is 8. The van der Waals surface area contributed by atoms with Gasteiger partial charge in [-0.1, -0.05) is 49.6 Å². The lowest BCUT2D eigenvalue weighted by Gasteiger charge is -2.32. The quantitative estimate of drug-likeness (QED) is 0.640. The van der Waals surface area contributed by atoms with Crippen molar-refractivity contribution < 1.29 is 4.74 Å². The van der Waals surface area contributed by atoms with Crippen LogP contribution in [0.15, 0.2) is 35.1 Å². The Balaban J connectivity index is 1.31. The minimum atomic E-state index is 0.0534. The van der Waals surface area contributed by atoms with Gasteiger partial charge in [0.15, 0.2) is 0 Å². The van der Waals surface area contributed by atoms with E-state index in [9.17, 15) is 4.79 Å². The number of piperidine rings is 1. The number of hydrogen-bond acceptors (Lipinski definition) is 3. The van der Waals surface area contributed by atoms with Crippen molar-refractivity contribution in [3.05, 3.63) is 51.9 Å². The average Bonchev–Trinajstić information content (AvgIpc) is 3.37. The first-order chi connectivity index (χ1) is 14.7. The highest BCUT2D eigenvalue weighted by Crippen LogP contribution is 2.31. The third-order valence-corrected chi connectivity index (χ3v) is 7.25. The molecule has 0 bridgehead atoms. The molecule has 0 N–H and O–H groups in total. The van der Waals surface area contributed by atoms with Crippen LogP contribution in [0, 0.1) is 5.92 Å². The molecule has 1 aliphatic heterocycles. The number of benzene rings is 1. The minimum Gasteiger partial charge on any atom is -0.490 e. The largest absolute Gasteiger partial charge is 0.490 e. The van der Waals surface area contributed by atoms with Crippen molar-refractivity contribution in [1.82, 2.24) is 14.3 Å². The van der Waals surface area contributed by atoms with Crippen LogP contribution in [-0.4, -0.2) is 34.5 Å². The number of aromatic nitrogens is 2. The van der Waals surface area contributed by atoms with Crippen LogP contribution in [0.1, 0.15) is 68.7 Å². The zero-order valence-electron chi connectivity index (χ0n) is 18.7. The van der Waals surface area contributed by atoms with Gasteiger partial charge in [-0.25, -0.2) is 4.68 Å². The normalized spacial score (nSPS) is 18.9. The average molecular weight is 412 g/mol. The van der Waals surface area contributed by atoms with E-state index in [-0.39, 0.29) is 5.56 Å². The van der Waals surface area contributed by atoms with Crippen molar-refractivity contribution in [2.24, 2.45) is 13.0 Å². The maximum Gasteiger partial charge on any atom is 0.309 e. The summed E-state index contributed by atoms with van der Waals surface area (Å²) in [5.74, 6) is 1.38. The number of ether oxygens (including phenoxy) is 1. The molecule has 2 aliphatic rings. The van der Waals surface area contributed by atoms with Crippen molar-refractivity contribution in [2.45, 2.75) is 70.4 Å². The molecule has 5 heteroatoms. The van der Waals surface area contributed by atoms with Gasteiger partial charge < -0.3 is 4.74 Å². The van der Waals surface area contributed by atoms with Crippen LogP contribution in [0.5, 0.6) is 5.75 Å². The molecule has 2 aromatic rings. The van der Waals surface area contributed by atoms with Crippen LogP contribution in [0.2, 0.25) is 0 Å². The topological polar surface area (TPSA) is 39.4 Å². The molecule has 5 nitrogen and oxygen atoms in total. The van der Waals surface area contributed by atoms with Crippen LogP contribution >= 0.6 is 0 Å². The van der Waals surface area contributed by atoms with Gasteiger partial charge in [0, 0.05) is 13.6 Å². The molecule has 0 unspecified atom stereocenters. The van der Waals surface area contributed by atoms with E-state index in [4.69, 9.17) is 4.74 Å². The molecular weight excluding hydrogens is 374 g/mol. The molecule has 2 heterocycles. The lowest BCUT2D eigenvalue weighted by molar-refractivity contribution is 0.165. The van der Waals surface area contributed by atoms with E-state index in [2.05, 4.69) is 39.9 Å². The van der Waals surface area contributed by atoms with Crippen molar-refractivity contribution in [3.63, 3.8) is 0 Å². The molecule has 0 atom stereocenters. The second-order valence-corrected chi connectivity index (χ2v) is 9.19. The Labute approximate surface area is 180 Å². The highest BCUT2D eigenvalue weighted by atomic mass is 16.5. The summed E-state index contributed by atoms with van der Waals surface area (Å²) in [7, 11) is 3.67. The summed E-state index contributed by atoms with van der Waals surface area (Å²) in [6.07, 6.45) is 11.0. The number of methoxy groups -OCH3 is 1. The fraction of sp³-hybridized carbons (Fsp3) is 0.640. The van der Waals surface area contributed by atoms with E-state index in [0.717, 1.165) is 44.1 Å². The van der Waals surface area contributed by atoms with Crippen LogP contribution in [0.3, 0.4) is 0 Å². The van der Waals surface area contributed by atoms with E-state index in [1.54, 1.807) is 7.11 Å². The highest BCUT2D eigenvalue weighted by Gasteiger charge is 2.28. The first kappa shape index (κ1) is 21.2. The predicted octanol–water partition coefficient (Wildman–Crippen LogP) is 4.55. The molecule has 1 aromatic carbocycles. The summed E-state index contributed by atoms with van der Waals surface area (Å²) >= 11 is 0. The van der Waals surface area contributed by atoms with Gasteiger partial charge in [0.05, 0.1) is 18.8 Å². The SMILES string of the molecule is COc1c(CN2CCC(CCCc3ccccc3)CC2)n(C)n(C2CCCC2)c1=O. The van der Waals surface area contributed by atoms with Gasteiger partial charge in [0.2, 0.25) is 5.75 Å². The molecule has 1 saturated heterocycles. The highest BCUT2D eigenvalue weighted by molar-refractivity contribution is 5.26. The molecule has 30 heavy (non-hydrogen) atoms. The molecule has 0 radical (unpaired) electrons. The third kappa shape index (κ3) is 4.66. The monoisotopic (exact) mass is 411 g/mol. The number of hydrogen-bond donors (Lipinski definition) is 0. The predicted molar refractivity (Wildman–Crippen MR) is 121 cm³/mol. The van der Waals surface area contributed by atoms with Gasteiger partial charge in [-0.2, -0.15) is 0 Å². The van der Waals surface area contributed by atoms with Crippen molar-refractivity contribution in [1.29, 1.82) is 0 Å². The summed E-state index contributed by atoms with van der Waals surface area (Å²) in [6, 6.07) is 11.2. The van der Waals surface area contributed by atoms with E-state index in [0.29, 0.717) is 11.8 Å². The molecule has 0 spiro atoms. The van der Waals surface area contributed by atoms with Crippen molar-refractivity contribution in [2.75, 3.05) is 20.2 Å². The minimum absolute atomic E-state index is 0.0534. The fourth-order valence-corrected chi connectivity index (χ4v) is 5.46. The van der Waals surface area contributed by atoms with E-state index in [1.165, 1.54) is 50.5 Å². The standard InChI is InChI=1S/C25H37N3O2/c1-26-23(24(30-2)25(29)28(26)22-13-6-7-14-22)19-27-17-15-21(16-18-27)12-8-11-20-9-4-3-5-10-20/h3-5,9-10,21-22H,6-8,11-19H2,1-2H3. The van der Waals surface area contributed by atoms with Gasteiger partial charge in [-0.05, 0) is 63.1 Å². The Bertz CT molecular complexity index is 857. The lowest BCUT2D eigenvalue weighted by atomic mass is 9.90. The molecule has 0 amide bonds. The van der Waals surface area contributed by atoms with Crippen LogP contribution in [0.25, 0.3) is 0 Å². The zero-order chi connectivity index (χ0) is 20.9. The lowest BCUT2D eigenvalue weighted by Crippen LogP contribution is -2.34. The van der Waals surface area contributed by atoms with Crippen LogP contribution in [0.4, 0.5) is 0 Å². The van der Waals surface area contributed by atoms with Crippen LogP contribution in [-0.2, 0) is 20.0 Å². The Morgan fingerprint density at radius 2 is 1.73 bits per heavy atom. The van der Waals surface area contributed by atoms with E-state index < -0.39 is 0 Å². The maximum atomic E-state index is 13.0. The fourth-order valence-electron chi connectivity index (χ4n) is 5.46. The third-order valence-electron chi connectivity index (χ3n) is 7.25. The van der Waals surface area contributed by atoms with Gasteiger partial charge in [-0.15, -0.1) is 0 Å². The van der Waals surface area contributed by atoms with Crippen molar-refractivity contribution in [3.8, 4) is 5.75 Å². The summed E-state index contributed by atoms with van der Waals surface area (Å²) in [5.41, 5.74) is 2.55. The smallest absolute Gasteiger partial charge is 0.309 e. The van der Waals surface area contributed by atoms with Gasteiger partial charge >= 0.3 is 5.56 Å². The number of nitrogens with zero attached hydrogens (tertiary/aromatic N) is 3. The molecule has 1 saturated carbocycles. The first-order valence-electron chi connectivity index (χ1n) is 11.8. The summed E-state index contributed by atoms with van der Waals surface area (Å²) in [6.45, 7) is 3.04. The molecular formula is C25H37N3O2. The molecule has 1 aromatic heterocycles. The van der Waals surface area contributed by atoms with Gasteiger partial charge in [-0.3, -0.25) is 14.4 Å². The summed E-state index contributed by atoms with van der Waals surface area (Å²) < 4.78 is 9.62. The summed E-state index contributed by atoms with van der Waals surface area (Å²) in [5, 5.41) is 0.